The normalized spacial score (nSPS) is 19.3. The molecule has 1 aliphatic heterocycles. The zero-order valence-corrected chi connectivity index (χ0v) is 19.9. The van der Waals surface area contributed by atoms with Gasteiger partial charge in [0.15, 0.2) is 0 Å². The quantitative estimate of drug-likeness (QED) is 0.509. The number of benzene rings is 1. The van der Waals surface area contributed by atoms with Crippen LogP contribution >= 0.6 is 0 Å². The predicted molar refractivity (Wildman–Crippen MR) is 120 cm³/mol. The first-order valence-electron chi connectivity index (χ1n) is 10.8. The summed E-state index contributed by atoms with van der Waals surface area (Å²) < 4.78 is 21.1. The van der Waals surface area contributed by atoms with Crippen molar-refractivity contribution in [1.29, 1.82) is 0 Å². The van der Waals surface area contributed by atoms with Crippen molar-refractivity contribution in [2.45, 2.75) is 52.1 Å². The largest absolute Gasteiger partial charge is 0.474 e. The van der Waals surface area contributed by atoms with Crippen LogP contribution in [0.25, 0.3) is 0 Å². The summed E-state index contributed by atoms with van der Waals surface area (Å²) in [5.74, 6) is -1.42. The number of ether oxygens (including phenoxy) is 4. The molecule has 0 spiro atoms. The Balaban J connectivity index is 2.12. The van der Waals surface area contributed by atoms with Crippen LogP contribution in [-0.2, 0) is 35.1 Å². The predicted octanol–water partition coefficient (Wildman–Crippen LogP) is 2.02. The van der Waals surface area contributed by atoms with Gasteiger partial charge in [0.25, 0.3) is 11.6 Å². The number of esters is 1. The van der Waals surface area contributed by atoms with Gasteiger partial charge in [-0.25, -0.2) is 14.6 Å². The van der Waals surface area contributed by atoms with E-state index in [0.29, 0.717) is 0 Å². The van der Waals surface area contributed by atoms with Gasteiger partial charge in [-0.3, -0.25) is 4.79 Å². The minimum atomic E-state index is -1.70. The molecular formula is C23H33N3O7. The summed E-state index contributed by atoms with van der Waals surface area (Å²) in [6, 6.07) is 7.76. The van der Waals surface area contributed by atoms with Crippen molar-refractivity contribution in [2.75, 3.05) is 20.8 Å². The molecule has 10 nitrogen and oxygen atoms in total. The van der Waals surface area contributed by atoms with Gasteiger partial charge in [0.2, 0.25) is 5.90 Å². The maximum atomic E-state index is 13.0. The summed E-state index contributed by atoms with van der Waals surface area (Å²) in [5, 5.41) is 5.37. The minimum Gasteiger partial charge on any atom is -0.474 e. The molecule has 1 aliphatic rings. The molecule has 1 aromatic carbocycles. The van der Waals surface area contributed by atoms with Crippen LogP contribution in [-0.4, -0.2) is 62.5 Å². The van der Waals surface area contributed by atoms with Crippen LogP contribution in [0.5, 0.6) is 0 Å². The van der Waals surface area contributed by atoms with E-state index in [1.54, 1.807) is 13.8 Å². The molecule has 2 rings (SSSR count). The third-order valence-electron chi connectivity index (χ3n) is 5.23. The highest BCUT2D eigenvalue weighted by Gasteiger charge is 2.48. The van der Waals surface area contributed by atoms with Gasteiger partial charge in [0.05, 0.1) is 7.11 Å². The van der Waals surface area contributed by atoms with Crippen molar-refractivity contribution in [3.63, 3.8) is 0 Å². The van der Waals surface area contributed by atoms with Crippen LogP contribution in [0.2, 0.25) is 0 Å². The topological polar surface area (TPSA) is 125 Å². The highest BCUT2D eigenvalue weighted by Crippen LogP contribution is 2.24. The lowest BCUT2D eigenvalue weighted by Crippen LogP contribution is -2.55. The molecule has 0 radical (unpaired) electrons. The summed E-state index contributed by atoms with van der Waals surface area (Å²) in [7, 11) is 2.57. The summed E-state index contributed by atoms with van der Waals surface area (Å²) >= 11 is 0. The molecule has 0 aliphatic carbocycles. The van der Waals surface area contributed by atoms with Crippen molar-refractivity contribution in [3.8, 4) is 0 Å². The number of amides is 2. The zero-order valence-electron chi connectivity index (χ0n) is 19.9. The van der Waals surface area contributed by atoms with Gasteiger partial charge in [0.1, 0.15) is 25.3 Å². The van der Waals surface area contributed by atoms with Gasteiger partial charge in [-0.2, -0.15) is 0 Å². The Hall–Kier alpha value is -3.14. The van der Waals surface area contributed by atoms with E-state index >= 15 is 0 Å². The third-order valence-corrected chi connectivity index (χ3v) is 5.23. The van der Waals surface area contributed by atoms with E-state index in [2.05, 4.69) is 15.6 Å². The number of nitrogens with one attached hydrogen (secondary N) is 2. The van der Waals surface area contributed by atoms with E-state index in [1.807, 2.05) is 44.2 Å². The van der Waals surface area contributed by atoms with E-state index < -0.39 is 35.8 Å². The molecule has 1 heterocycles. The number of alkyl carbamates (subject to hydrolysis) is 1. The van der Waals surface area contributed by atoms with E-state index in [9.17, 15) is 14.4 Å². The minimum absolute atomic E-state index is 0.110. The average Bonchev–Trinajstić information content (AvgIpc) is 3.24. The molecule has 33 heavy (non-hydrogen) atoms. The van der Waals surface area contributed by atoms with Crippen molar-refractivity contribution < 1.29 is 33.3 Å². The molecule has 2 N–H and O–H groups in total. The molecule has 0 fully saturated rings. The summed E-state index contributed by atoms with van der Waals surface area (Å²) in [6.07, 6.45) is -0.645. The van der Waals surface area contributed by atoms with Crippen LogP contribution in [0.4, 0.5) is 4.79 Å². The van der Waals surface area contributed by atoms with Gasteiger partial charge in [-0.1, -0.05) is 58.0 Å². The van der Waals surface area contributed by atoms with E-state index in [4.69, 9.17) is 18.9 Å². The summed E-state index contributed by atoms with van der Waals surface area (Å²) in [5.41, 5.74) is -0.845. The monoisotopic (exact) mass is 463 g/mol. The highest BCUT2D eigenvalue weighted by molar-refractivity contribution is 5.95. The van der Waals surface area contributed by atoms with Crippen LogP contribution in [0, 0.1) is 11.8 Å². The molecule has 2 amide bonds. The van der Waals surface area contributed by atoms with Crippen molar-refractivity contribution in [3.05, 3.63) is 35.9 Å². The fourth-order valence-electron chi connectivity index (χ4n) is 3.17. The second-order valence-corrected chi connectivity index (χ2v) is 8.37. The first-order valence-corrected chi connectivity index (χ1v) is 10.8. The van der Waals surface area contributed by atoms with Gasteiger partial charge in [0, 0.05) is 7.11 Å². The fraction of sp³-hybridized carbons (Fsp3) is 0.565. The Morgan fingerprint density at radius 3 is 2.27 bits per heavy atom. The van der Waals surface area contributed by atoms with Gasteiger partial charge in [-0.05, 0) is 17.4 Å². The van der Waals surface area contributed by atoms with Crippen LogP contribution in [0.3, 0.4) is 0 Å². The number of hydrogen-bond donors (Lipinski definition) is 2. The summed E-state index contributed by atoms with van der Waals surface area (Å²) in [4.78, 5) is 41.8. The lowest BCUT2D eigenvalue weighted by Gasteiger charge is -2.26. The van der Waals surface area contributed by atoms with Crippen molar-refractivity contribution in [2.24, 2.45) is 16.8 Å². The number of nitrogens with zero attached hydrogens (tertiary/aromatic N) is 1. The molecule has 3 atom stereocenters. The van der Waals surface area contributed by atoms with E-state index in [1.165, 1.54) is 14.2 Å². The average molecular weight is 464 g/mol. The number of methoxy groups -OCH3 is 2. The lowest BCUT2D eigenvalue weighted by molar-refractivity contribution is -0.152. The first kappa shape index (κ1) is 26.1. The second-order valence-electron chi connectivity index (χ2n) is 8.37. The number of rotatable bonds is 10. The van der Waals surface area contributed by atoms with Crippen LogP contribution < -0.4 is 10.6 Å². The molecule has 182 valence electrons. The Morgan fingerprint density at radius 1 is 1.06 bits per heavy atom. The van der Waals surface area contributed by atoms with Crippen molar-refractivity contribution in [1.82, 2.24) is 10.6 Å². The molecule has 0 bridgehead atoms. The van der Waals surface area contributed by atoms with Crippen LogP contribution in [0.1, 0.15) is 33.3 Å². The van der Waals surface area contributed by atoms with Crippen molar-refractivity contribution >= 4 is 23.9 Å². The number of hydrogen-bond acceptors (Lipinski definition) is 8. The van der Waals surface area contributed by atoms with Gasteiger partial charge in [-0.15, -0.1) is 0 Å². The molecule has 1 aromatic rings. The Morgan fingerprint density at radius 2 is 1.73 bits per heavy atom. The standard InChI is InChI=1S/C23H33N3O7/c1-14(2)17(25-22(29)32-12-16-10-8-7-9-11-16)19-26-23(31-6,13-33-19)21(28)24-18(15(3)4)20(27)30-5/h7-11,14-15,17-18H,12-13H2,1-6H3,(H,24,28)(H,25,29)/t17-,18-,23-/m0/s1. The second kappa shape index (κ2) is 11.6. The SMILES string of the molecule is COC(=O)[C@@H](NC(=O)[C@@]1(OC)COC([C@@H](NC(=O)OCc2ccccc2)C(C)C)=N1)C(C)C. The summed E-state index contributed by atoms with van der Waals surface area (Å²) in [6.45, 7) is 7.20. The Kier molecular flexibility index (Phi) is 9.22. The van der Waals surface area contributed by atoms with Gasteiger partial charge >= 0.3 is 12.1 Å². The Bertz CT molecular complexity index is 857. The lowest BCUT2D eigenvalue weighted by atomic mass is 10.0. The third kappa shape index (κ3) is 6.67. The molecule has 0 aromatic heterocycles. The molecule has 0 saturated heterocycles. The first-order chi connectivity index (χ1) is 15.6. The number of carbonyl (C=O) groups excluding carboxylic acids is 3. The number of aliphatic imine (C=N–C) groups is 1. The molecule has 10 heteroatoms. The van der Waals surface area contributed by atoms with E-state index in [0.717, 1.165) is 5.56 Å². The Labute approximate surface area is 194 Å². The zero-order chi connectivity index (χ0) is 24.6. The maximum absolute atomic E-state index is 13.0. The molecule has 0 saturated carbocycles. The highest BCUT2D eigenvalue weighted by atomic mass is 16.6. The molecule has 0 unspecified atom stereocenters. The van der Waals surface area contributed by atoms with E-state index in [-0.39, 0.29) is 30.9 Å². The molecular weight excluding hydrogens is 430 g/mol. The smallest absolute Gasteiger partial charge is 0.408 e. The maximum Gasteiger partial charge on any atom is 0.408 e. The van der Waals surface area contributed by atoms with Crippen LogP contribution in [0.15, 0.2) is 35.3 Å². The number of carbonyl (C=O) groups is 3. The van der Waals surface area contributed by atoms with Gasteiger partial charge < -0.3 is 29.6 Å². The fourth-order valence-corrected chi connectivity index (χ4v) is 3.17.